The summed E-state index contributed by atoms with van der Waals surface area (Å²) < 4.78 is 0. The molecule has 2 aliphatic rings. The van der Waals surface area contributed by atoms with Crippen molar-refractivity contribution < 1.29 is 0 Å². The molecule has 30 heavy (non-hydrogen) atoms. The Bertz CT molecular complexity index is 1130. The van der Waals surface area contributed by atoms with Gasteiger partial charge in [0.1, 0.15) is 5.54 Å². The molecule has 0 amide bonds. The van der Waals surface area contributed by atoms with E-state index in [4.69, 9.17) is 4.99 Å². The standard InChI is InChI=1S/C27H30N2O/c1-5-23-21-15-19(4)17-27(23,24-12-13-26(30)29-25(24)16-21)28-14-8-10-20-9-6-7-11-22(20)18(2)3/h5-15,18,21H,16-17H2,1-4H3,(H,29,30)/b10-8+,23-5+,28-14?/t21-,27+/m0/s1. The predicted octanol–water partition coefficient (Wildman–Crippen LogP) is 5.95. The lowest BCUT2D eigenvalue weighted by molar-refractivity contribution is 0.413. The molecule has 0 spiro atoms. The van der Waals surface area contributed by atoms with Crippen LogP contribution < -0.4 is 5.56 Å². The van der Waals surface area contributed by atoms with Crippen LogP contribution in [-0.2, 0) is 12.0 Å². The monoisotopic (exact) mass is 398 g/mol. The topological polar surface area (TPSA) is 45.2 Å². The molecule has 1 aromatic heterocycles. The van der Waals surface area contributed by atoms with Crippen molar-refractivity contribution in [3.05, 3.63) is 98.5 Å². The molecule has 0 radical (unpaired) electrons. The number of hydrogen-bond acceptors (Lipinski definition) is 2. The number of nitrogens with zero attached hydrogens (tertiary/aromatic N) is 1. The number of aromatic nitrogens is 1. The maximum atomic E-state index is 11.9. The molecule has 1 N–H and O–H groups in total. The summed E-state index contributed by atoms with van der Waals surface area (Å²) >= 11 is 0. The maximum absolute atomic E-state index is 11.9. The first-order valence-corrected chi connectivity index (χ1v) is 10.8. The van der Waals surface area contributed by atoms with Gasteiger partial charge in [-0.05, 0) is 55.0 Å². The molecule has 0 aliphatic heterocycles. The van der Waals surface area contributed by atoms with E-state index in [0.29, 0.717) is 5.92 Å². The molecule has 2 aliphatic carbocycles. The fraction of sp³-hybridized carbons (Fsp3) is 0.333. The number of nitrogens with one attached hydrogen (secondary N) is 1. The summed E-state index contributed by atoms with van der Waals surface area (Å²) in [5.74, 6) is 0.766. The molecule has 0 unspecified atom stereocenters. The predicted molar refractivity (Wildman–Crippen MR) is 126 cm³/mol. The number of hydrogen-bond donors (Lipinski definition) is 1. The highest BCUT2D eigenvalue weighted by Gasteiger charge is 2.46. The Balaban J connectivity index is 1.76. The third kappa shape index (κ3) is 3.54. The second kappa shape index (κ2) is 8.06. The number of H-pyrrole nitrogens is 1. The zero-order valence-corrected chi connectivity index (χ0v) is 18.3. The van der Waals surface area contributed by atoms with Crippen LogP contribution in [0.1, 0.15) is 62.4 Å². The summed E-state index contributed by atoms with van der Waals surface area (Å²) in [5.41, 5.74) is 6.94. The zero-order valence-electron chi connectivity index (χ0n) is 18.3. The number of rotatable bonds is 4. The Kier molecular flexibility index (Phi) is 5.46. The molecule has 0 fully saturated rings. The molecule has 3 heteroatoms. The van der Waals surface area contributed by atoms with Crippen LogP contribution >= 0.6 is 0 Å². The van der Waals surface area contributed by atoms with Gasteiger partial charge >= 0.3 is 0 Å². The van der Waals surface area contributed by atoms with Crippen LogP contribution in [0.5, 0.6) is 0 Å². The van der Waals surface area contributed by atoms with Crippen LogP contribution in [0.3, 0.4) is 0 Å². The summed E-state index contributed by atoms with van der Waals surface area (Å²) in [6.45, 7) is 8.73. The lowest BCUT2D eigenvalue weighted by atomic mass is 9.63. The summed E-state index contributed by atoms with van der Waals surface area (Å²) in [7, 11) is 0. The van der Waals surface area contributed by atoms with Crippen molar-refractivity contribution in [1.29, 1.82) is 0 Å². The smallest absolute Gasteiger partial charge is 0.248 e. The molecule has 3 nitrogen and oxygen atoms in total. The van der Waals surface area contributed by atoms with E-state index in [0.717, 1.165) is 24.1 Å². The van der Waals surface area contributed by atoms with Crippen molar-refractivity contribution in [1.82, 2.24) is 4.98 Å². The Morgan fingerprint density at radius 2 is 2.00 bits per heavy atom. The third-order valence-corrected chi connectivity index (χ3v) is 6.35. The van der Waals surface area contributed by atoms with E-state index in [1.165, 1.54) is 22.3 Å². The molecule has 2 aromatic rings. The van der Waals surface area contributed by atoms with Gasteiger partial charge in [0, 0.05) is 35.9 Å². The Morgan fingerprint density at radius 3 is 2.77 bits per heavy atom. The van der Waals surface area contributed by atoms with Crippen LogP contribution in [0, 0.1) is 5.92 Å². The minimum absolute atomic E-state index is 0.0410. The molecular weight excluding hydrogens is 368 g/mol. The van der Waals surface area contributed by atoms with Crippen molar-refractivity contribution in [2.75, 3.05) is 0 Å². The SMILES string of the molecule is C/C=C1\[C@H]2C=C(C)C[C@]1(N=C/C=C/c1ccccc1C(C)C)c1ccc(=O)[nH]c1C2. The van der Waals surface area contributed by atoms with Gasteiger partial charge in [-0.15, -0.1) is 0 Å². The Labute approximate surface area is 179 Å². The molecule has 154 valence electrons. The van der Waals surface area contributed by atoms with Crippen molar-refractivity contribution in [3.8, 4) is 0 Å². The Hall–Kier alpha value is -2.94. The number of aromatic amines is 1. The van der Waals surface area contributed by atoms with Gasteiger partial charge in [-0.3, -0.25) is 9.79 Å². The van der Waals surface area contributed by atoms with E-state index >= 15 is 0 Å². The molecule has 2 atom stereocenters. The van der Waals surface area contributed by atoms with Crippen LogP contribution in [0.15, 0.2) is 75.6 Å². The van der Waals surface area contributed by atoms with Crippen molar-refractivity contribution in [3.63, 3.8) is 0 Å². The number of pyridine rings is 1. The van der Waals surface area contributed by atoms with Gasteiger partial charge in [0.25, 0.3) is 0 Å². The van der Waals surface area contributed by atoms with Crippen molar-refractivity contribution >= 4 is 12.3 Å². The summed E-state index contributed by atoms with van der Waals surface area (Å²) in [4.78, 5) is 20.2. The van der Waals surface area contributed by atoms with Gasteiger partial charge < -0.3 is 4.98 Å². The minimum atomic E-state index is -0.433. The lowest BCUT2D eigenvalue weighted by Gasteiger charge is -2.45. The van der Waals surface area contributed by atoms with Gasteiger partial charge in [-0.2, -0.15) is 0 Å². The van der Waals surface area contributed by atoms with Crippen LogP contribution in [0.2, 0.25) is 0 Å². The van der Waals surface area contributed by atoms with Crippen LogP contribution in [0.4, 0.5) is 0 Å². The number of fused-ring (bicyclic) bond motifs is 4. The van der Waals surface area contributed by atoms with E-state index < -0.39 is 5.54 Å². The first-order chi connectivity index (χ1) is 14.4. The second-order valence-electron chi connectivity index (χ2n) is 8.74. The Morgan fingerprint density at radius 1 is 1.20 bits per heavy atom. The van der Waals surface area contributed by atoms with Gasteiger partial charge in [0.05, 0.1) is 0 Å². The normalized spacial score (nSPS) is 24.6. The molecule has 2 bridgehead atoms. The third-order valence-electron chi connectivity index (χ3n) is 6.35. The minimum Gasteiger partial charge on any atom is -0.326 e. The zero-order chi connectivity index (χ0) is 21.3. The van der Waals surface area contributed by atoms with Gasteiger partial charge in [-0.1, -0.05) is 61.9 Å². The highest BCUT2D eigenvalue weighted by atomic mass is 16.1. The molecule has 0 saturated heterocycles. The van der Waals surface area contributed by atoms with Crippen LogP contribution in [-0.4, -0.2) is 11.2 Å². The average Bonchev–Trinajstić information content (AvgIpc) is 2.70. The molecule has 1 heterocycles. The van der Waals surface area contributed by atoms with E-state index in [1.54, 1.807) is 6.07 Å². The summed E-state index contributed by atoms with van der Waals surface area (Å²) in [5, 5.41) is 0. The quantitative estimate of drug-likeness (QED) is 0.502. The molecular formula is C27H30N2O. The number of aliphatic imine (C=N–C) groups is 1. The largest absolute Gasteiger partial charge is 0.326 e. The average molecular weight is 399 g/mol. The van der Waals surface area contributed by atoms with Gasteiger partial charge in [0.15, 0.2) is 0 Å². The first kappa shape index (κ1) is 20.3. The maximum Gasteiger partial charge on any atom is 0.248 e. The number of benzene rings is 1. The van der Waals surface area contributed by atoms with Crippen LogP contribution in [0.25, 0.3) is 6.08 Å². The molecule has 1 aromatic carbocycles. The fourth-order valence-electron chi connectivity index (χ4n) is 5.16. The molecule has 0 saturated carbocycles. The van der Waals surface area contributed by atoms with Crippen molar-refractivity contribution in [2.24, 2.45) is 10.9 Å². The van der Waals surface area contributed by atoms with E-state index in [9.17, 15) is 4.79 Å². The van der Waals surface area contributed by atoms with Gasteiger partial charge in [0.2, 0.25) is 5.56 Å². The second-order valence-corrected chi connectivity index (χ2v) is 8.74. The van der Waals surface area contributed by atoms with Crippen molar-refractivity contribution in [2.45, 2.75) is 52.0 Å². The van der Waals surface area contributed by atoms with E-state index in [2.05, 4.69) is 75.2 Å². The number of allylic oxidation sites excluding steroid dienone is 3. The lowest BCUT2D eigenvalue weighted by Crippen LogP contribution is -2.40. The summed E-state index contributed by atoms with van der Waals surface area (Å²) in [6.07, 6.45) is 12.4. The van der Waals surface area contributed by atoms with Gasteiger partial charge in [-0.25, -0.2) is 0 Å². The van der Waals surface area contributed by atoms with E-state index in [1.807, 2.05) is 18.4 Å². The first-order valence-electron chi connectivity index (χ1n) is 10.8. The highest BCUT2D eigenvalue weighted by Crippen LogP contribution is 2.51. The molecule has 4 rings (SSSR count). The van der Waals surface area contributed by atoms with E-state index in [-0.39, 0.29) is 11.5 Å². The highest BCUT2D eigenvalue weighted by molar-refractivity contribution is 5.80. The summed E-state index contributed by atoms with van der Waals surface area (Å²) in [6, 6.07) is 12.1. The fourth-order valence-corrected chi connectivity index (χ4v) is 5.16.